The maximum Gasteiger partial charge on any atom is 0.289 e. The lowest BCUT2D eigenvalue weighted by atomic mass is 10.2. The fourth-order valence-electron chi connectivity index (χ4n) is 2.96. The second kappa shape index (κ2) is 8.15. The molecule has 6 heteroatoms. The topological polar surface area (TPSA) is 57.0 Å². The summed E-state index contributed by atoms with van der Waals surface area (Å²) in [7, 11) is 0. The molecule has 1 unspecified atom stereocenters. The number of hydrogen-bond donors (Lipinski definition) is 0. The van der Waals surface area contributed by atoms with Crippen LogP contribution in [0, 0.1) is 0 Å². The first kappa shape index (κ1) is 18.3. The molecule has 0 aliphatic carbocycles. The van der Waals surface area contributed by atoms with E-state index in [1.165, 1.54) is 6.26 Å². The molecule has 1 aliphatic rings. The van der Waals surface area contributed by atoms with Crippen LogP contribution < -0.4 is 0 Å². The summed E-state index contributed by atoms with van der Waals surface area (Å²) in [6.07, 6.45) is 1.51. The number of nitrogens with zero attached hydrogens (tertiary/aromatic N) is 3. The molecule has 6 nitrogen and oxygen atoms in total. The highest BCUT2D eigenvalue weighted by atomic mass is 16.3. The predicted molar refractivity (Wildman–Crippen MR) is 92.7 cm³/mol. The number of rotatable bonds is 6. The predicted octanol–water partition coefficient (Wildman–Crippen LogP) is 1.85. The minimum Gasteiger partial charge on any atom is -0.459 e. The van der Waals surface area contributed by atoms with Gasteiger partial charge in [0.1, 0.15) is 0 Å². The number of furan rings is 1. The van der Waals surface area contributed by atoms with Gasteiger partial charge in [0.2, 0.25) is 5.91 Å². The number of amides is 2. The fourth-order valence-corrected chi connectivity index (χ4v) is 2.96. The molecule has 1 saturated heterocycles. The van der Waals surface area contributed by atoms with Gasteiger partial charge in [-0.25, -0.2) is 0 Å². The molecule has 132 valence electrons. The van der Waals surface area contributed by atoms with E-state index in [4.69, 9.17) is 4.42 Å². The molecule has 0 radical (unpaired) electrons. The maximum absolute atomic E-state index is 12.7. The lowest BCUT2D eigenvalue weighted by Gasteiger charge is -2.38. The second-order valence-electron chi connectivity index (χ2n) is 6.29. The smallest absolute Gasteiger partial charge is 0.289 e. The Labute approximate surface area is 143 Å². The van der Waals surface area contributed by atoms with E-state index in [2.05, 4.69) is 11.5 Å². The number of likely N-dealkylation sites (N-methyl/N-ethyl adjacent to an activating group) is 1. The molecule has 0 spiro atoms. The minimum atomic E-state index is -0.190. The molecule has 1 aromatic rings. The van der Waals surface area contributed by atoms with E-state index >= 15 is 0 Å². The SMILES string of the molecule is C=C(C)CN(CC)C(=O)C(C)N1CCN(C(=O)c2ccco2)CC1. The molecule has 0 N–H and O–H groups in total. The molecule has 2 rings (SSSR count). The molecular weight excluding hydrogens is 306 g/mol. The molecule has 2 heterocycles. The molecule has 0 aromatic carbocycles. The van der Waals surface area contributed by atoms with Crippen LogP contribution in [-0.2, 0) is 4.79 Å². The number of hydrogen-bond acceptors (Lipinski definition) is 4. The third kappa shape index (κ3) is 4.26. The summed E-state index contributed by atoms with van der Waals surface area (Å²) in [5, 5.41) is 0. The molecule has 0 saturated carbocycles. The van der Waals surface area contributed by atoms with Crippen molar-refractivity contribution in [3.63, 3.8) is 0 Å². The lowest BCUT2D eigenvalue weighted by molar-refractivity contribution is -0.136. The van der Waals surface area contributed by atoms with Crippen LogP contribution in [0.5, 0.6) is 0 Å². The molecule has 0 bridgehead atoms. The monoisotopic (exact) mass is 333 g/mol. The van der Waals surface area contributed by atoms with E-state index in [9.17, 15) is 9.59 Å². The van der Waals surface area contributed by atoms with Crippen LogP contribution in [0.1, 0.15) is 31.3 Å². The summed E-state index contributed by atoms with van der Waals surface area (Å²) in [5.74, 6) is 0.397. The van der Waals surface area contributed by atoms with E-state index in [0.717, 1.165) is 5.57 Å². The summed E-state index contributed by atoms with van der Waals surface area (Å²) in [6.45, 7) is 13.6. The van der Waals surface area contributed by atoms with Crippen molar-refractivity contribution in [3.05, 3.63) is 36.3 Å². The van der Waals surface area contributed by atoms with Gasteiger partial charge in [0.25, 0.3) is 5.91 Å². The number of piperazine rings is 1. The van der Waals surface area contributed by atoms with Gasteiger partial charge >= 0.3 is 0 Å². The van der Waals surface area contributed by atoms with Crippen molar-refractivity contribution in [1.29, 1.82) is 0 Å². The van der Waals surface area contributed by atoms with Gasteiger partial charge in [-0.3, -0.25) is 14.5 Å². The zero-order valence-electron chi connectivity index (χ0n) is 14.8. The van der Waals surface area contributed by atoms with Gasteiger partial charge in [0.05, 0.1) is 12.3 Å². The van der Waals surface area contributed by atoms with Crippen molar-refractivity contribution in [3.8, 4) is 0 Å². The van der Waals surface area contributed by atoms with E-state index in [1.54, 1.807) is 17.0 Å². The molecule has 1 aliphatic heterocycles. The van der Waals surface area contributed by atoms with Crippen molar-refractivity contribution in [2.75, 3.05) is 39.3 Å². The Hall–Kier alpha value is -2.08. The van der Waals surface area contributed by atoms with Crippen molar-refractivity contribution in [1.82, 2.24) is 14.7 Å². The van der Waals surface area contributed by atoms with Gasteiger partial charge in [-0.05, 0) is 32.9 Å². The van der Waals surface area contributed by atoms with Crippen LogP contribution in [0.3, 0.4) is 0 Å². The van der Waals surface area contributed by atoms with E-state index in [-0.39, 0.29) is 17.9 Å². The Morgan fingerprint density at radius 2 is 2.00 bits per heavy atom. The van der Waals surface area contributed by atoms with Crippen LogP contribution in [-0.4, -0.2) is 71.8 Å². The first-order chi connectivity index (χ1) is 11.4. The quantitative estimate of drug-likeness (QED) is 0.746. The number of carbonyl (C=O) groups is 2. The Morgan fingerprint density at radius 3 is 2.50 bits per heavy atom. The van der Waals surface area contributed by atoms with Gasteiger partial charge < -0.3 is 14.2 Å². The van der Waals surface area contributed by atoms with Crippen molar-refractivity contribution < 1.29 is 14.0 Å². The third-order valence-electron chi connectivity index (χ3n) is 4.39. The van der Waals surface area contributed by atoms with Gasteiger partial charge in [0, 0.05) is 39.3 Å². The summed E-state index contributed by atoms with van der Waals surface area (Å²) in [6, 6.07) is 3.20. The maximum atomic E-state index is 12.7. The lowest BCUT2D eigenvalue weighted by Crippen LogP contribution is -2.55. The van der Waals surface area contributed by atoms with Crippen molar-refractivity contribution in [2.45, 2.75) is 26.8 Å². The minimum absolute atomic E-state index is 0.0869. The van der Waals surface area contributed by atoms with Crippen molar-refractivity contribution in [2.24, 2.45) is 0 Å². The zero-order valence-corrected chi connectivity index (χ0v) is 14.8. The van der Waals surface area contributed by atoms with Crippen LogP contribution in [0.4, 0.5) is 0 Å². The molecular formula is C18H27N3O3. The van der Waals surface area contributed by atoms with Crippen LogP contribution in [0.25, 0.3) is 0 Å². The normalized spacial score (nSPS) is 16.7. The summed E-state index contributed by atoms with van der Waals surface area (Å²) in [5.41, 5.74) is 0.978. The first-order valence-electron chi connectivity index (χ1n) is 8.44. The molecule has 1 atom stereocenters. The highest BCUT2D eigenvalue weighted by Crippen LogP contribution is 2.13. The largest absolute Gasteiger partial charge is 0.459 e. The molecule has 24 heavy (non-hydrogen) atoms. The van der Waals surface area contributed by atoms with Gasteiger partial charge in [-0.2, -0.15) is 0 Å². The van der Waals surface area contributed by atoms with E-state index in [0.29, 0.717) is 45.0 Å². The fraction of sp³-hybridized carbons (Fsp3) is 0.556. The average molecular weight is 333 g/mol. The second-order valence-corrected chi connectivity index (χ2v) is 6.29. The van der Waals surface area contributed by atoms with Crippen molar-refractivity contribution >= 4 is 11.8 Å². The summed E-state index contributed by atoms with van der Waals surface area (Å²) in [4.78, 5) is 30.7. The van der Waals surface area contributed by atoms with E-state index in [1.807, 2.05) is 25.7 Å². The average Bonchev–Trinajstić information content (AvgIpc) is 3.12. The summed E-state index contributed by atoms with van der Waals surface area (Å²) >= 11 is 0. The third-order valence-corrected chi connectivity index (χ3v) is 4.39. The first-order valence-corrected chi connectivity index (χ1v) is 8.44. The summed E-state index contributed by atoms with van der Waals surface area (Å²) < 4.78 is 5.17. The zero-order chi connectivity index (χ0) is 17.7. The Kier molecular flexibility index (Phi) is 6.20. The van der Waals surface area contributed by atoms with Crippen LogP contribution in [0.2, 0.25) is 0 Å². The highest BCUT2D eigenvalue weighted by Gasteiger charge is 2.30. The Morgan fingerprint density at radius 1 is 1.33 bits per heavy atom. The standard InChI is InChI=1S/C18H27N3O3/c1-5-19(13-14(2)3)17(22)15(4)20-8-10-21(11-9-20)18(23)16-7-6-12-24-16/h6-7,12,15H,2,5,8-11,13H2,1,3-4H3. The number of carbonyl (C=O) groups excluding carboxylic acids is 2. The van der Waals surface area contributed by atoms with Crippen LogP contribution in [0.15, 0.2) is 35.0 Å². The highest BCUT2D eigenvalue weighted by molar-refractivity contribution is 5.91. The Balaban J connectivity index is 1.90. The van der Waals surface area contributed by atoms with Gasteiger partial charge in [0.15, 0.2) is 5.76 Å². The van der Waals surface area contributed by atoms with Gasteiger partial charge in [-0.1, -0.05) is 12.2 Å². The van der Waals surface area contributed by atoms with E-state index < -0.39 is 0 Å². The molecule has 1 fully saturated rings. The van der Waals surface area contributed by atoms with Gasteiger partial charge in [-0.15, -0.1) is 0 Å². The molecule has 2 amide bonds. The van der Waals surface area contributed by atoms with Crippen LogP contribution >= 0.6 is 0 Å². The Bertz CT molecular complexity index is 574. The molecule has 1 aromatic heterocycles.